The van der Waals surface area contributed by atoms with Crippen LogP contribution in [0.4, 0.5) is 9.18 Å². The van der Waals surface area contributed by atoms with Gasteiger partial charge in [-0.25, -0.2) is 9.18 Å². The molecule has 1 N–H and O–H groups in total. The lowest BCUT2D eigenvalue weighted by Gasteiger charge is -2.32. The number of hydrogen-bond acceptors (Lipinski definition) is 5. The van der Waals surface area contributed by atoms with E-state index in [1.165, 1.54) is 19.2 Å². The Morgan fingerprint density at radius 2 is 1.93 bits per heavy atom. The van der Waals surface area contributed by atoms with Gasteiger partial charge < -0.3 is 15.0 Å². The van der Waals surface area contributed by atoms with Crippen LogP contribution in [0.25, 0.3) is 0 Å². The number of benzene rings is 1. The summed E-state index contributed by atoms with van der Waals surface area (Å²) in [5, 5.41) is 2.57. The molecule has 0 saturated carbocycles. The minimum atomic E-state index is -0.884. The average molecular weight is 419 g/mol. The lowest BCUT2D eigenvalue weighted by Crippen LogP contribution is -2.43. The molecule has 0 spiro atoms. The molecule has 1 aromatic carbocycles. The molecule has 0 aliphatic carbocycles. The van der Waals surface area contributed by atoms with Crippen molar-refractivity contribution in [2.75, 3.05) is 26.7 Å². The van der Waals surface area contributed by atoms with E-state index in [4.69, 9.17) is 0 Å². The van der Waals surface area contributed by atoms with E-state index < -0.39 is 18.0 Å². The maximum Gasteiger partial charge on any atom is 0.324 e. The quantitative estimate of drug-likeness (QED) is 0.534. The highest BCUT2D eigenvalue weighted by atomic mass is 19.1. The normalized spacial score (nSPS) is 19.7. The average Bonchev–Trinajstić information content (AvgIpc) is 2.99. The number of nitrogens with one attached hydrogen (secondary N) is 1. The summed E-state index contributed by atoms with van der Waals surface area (Å²) >= 11 is 0. The first-order valence-electron chi connectivity index (χ1n) is 10.1. The molecule has 8 nitrogen and oxygen atoms in total. The number of rotatable bonds is 7. The second-order valence-corrected chi connectivity index (χ2v) is 7.68. The molecule has 3 rings (SSSR count). The fourth-order valence-electron chi connectivity index (χ4n) is 3.87. The molecular weight excluding hydrogens is 393 g/mol. The molecule has 0 aromatic heterocycles. The van der Waals surface area contributed by atoms with Gasteiger partial charge in [0.15, 0.2) is 0 Å². The van der Waals surface area contributed by atoms with Crippen molar-refractivity contribution in [3.8, 4) is 0 Å². The summed E-state index contributed by atoms with van der Waals surface area (Å²) in [7, 11) is 1.36. The van der Waals surface area contributed by atoms with E-state index in [2.05, 4.69) is 10.1 Å². The number of methoxy groups -OCH3 is 1. The highest BCUT2D eigenvalue weighted by Gasteiger charge is 2.39. The summed E-state index contributed by atoms with van der Waals surface area (Å²) in [6.07, 6.45) is 1.99. The number of amides is 4. The Labute approximate surface area is 174 Å². The predicted octanol–water partition coefficient (Wildman–Crippen LogP) is 1.48. The van der Waals surface area contributed by atoms with Gasteiger partial charge >= 0.3 is 12.0 Å². The number of ether oxygens (including phenoxy) is 1. The predicted molar refractivity (Wildman–Crippen MR) is 105 cm³/mol. The molecule has 4 amide bonds. The monoisotopic (exact) mass is 419 g/mol. The first-order valence-corrected chi connectivity index (χ1v) is 10.1. The van der Waals surface area contributed by atoms with Crippen molar-refractivity contribution < 1.29 is 28.3 Å². The van der Waals surface area contributed by atoms with E-state index >= 15 is 0 Å². The number of nitrogens with zero attached hydrogens (tertiary/aromatic N) is 2. The van der Waals surface area contributed by atoms with Crippen LogP contribution in [0.2, 0.25) is 0 Å². The second-order valence-electron chi connectivity index (χ2n) is 7.68. The SMILES string of the molecule is COC(=O)CC1CCN(C(=O)CC2NC(=O)N(CCc3cccc(F)c3)C2=O)CC1. The fraction of sp³-hybridized carbons (Fsp3) is 0.524. The zero-order valence-electron chi connectivity index (χ0n) is 16.9. The van der Waals surface area contributed by atoms with E-state index in [1.54, 1.807) is 17.0 Å². The Morgan fingerprint density at radius 3 is 2.60 bits per heavy atom. The van der Waals surface area contributed by atoms with Gasteiger partial charge in [-0.1, -0.05) is 12.1 Å². The van der Waals surface area contributed by atoms with Crippen LogP contribution < -0.4 is 5.32 Å². The Bertz CT molecular complexity index is 823. The maximum absolute atomic E-state index is 13.3. The molecule has 2 fully saturated rings. The zero-order chi connectivity index (χ0) is 21.7. The van der Waals surface area contributed by atoms with Gasteiger partial charge in [0.05, 0.1) is 13.5 Å². The van der Waals surface area contributed by atoms with Crippen molar-refractivity contribution >= 4 is 23.8 Å². The minimum absolute atomic E-state index is 0.0945. The molecule has 1 unspecified atom stereocenters. The van der Waals surface area contributed by atoms with E-state index in [0.717, 1.165) is 4.90 Å². The summed E-state index contributed by atoms with van der Waals surface area (Å²) in [4.78, 5) is 51.5. The zero-order valence-corrected chi connectivity index (χ0v) is 16.9. The second kappa shape index (κ2) is 9.69. The van der Waals surface area contributed by atoms with Crippen LogP contribution >= 0.6 is 0 Å². The molecular formula is C21H26FN3O5. The lowest BCUT2D eigenvalue weighted by molar-refractivity contribution is -0.142. The molecule has 0 bridgehead atoms. The van der Waals surface area contributed by atoms with Crippen LogP contribution in [0.1, 0.15) is 31.2 Å². The molecule has 1 atom stereocenters. The van der Waals surface area contributed by atoms with Gasteiger partial charge in [0.2, 0.25) is 5.91 Å². The fourth-order valence-corrected chi connectivity index (χ4v) is 3.87. The van der Waals surface area contributed by atoms with Crippen LogP contribution in [0.15, 0.2) is 24.3 Å². The Morgan fingerprint density at radius 1 is 1.20 bits per heavy atom. The van der Waals surface area contributed by atoms with Gasteiger partial charge in [0.1, 0.15) is 11.9 Å². The largest absolute Gasteiger partial charge is 0.469 e. The van der Waals surface area contributed by atoms with Gasteiger partial charge in [-0.15, -0.1) is 0 Å². The summed E-state index contributed by atoms with van der Waals surface area (Å²) in [5.41, 5.74) is 0.685. The van der Waals surface area contributed by atoms with Crippen molar-refractivity contribution in [1.82, 2.24) is 15.1 Å². The van der Waals surface area contributed by atoms with Crippen molar-refractivity contribution in [3.63, 3.8) is 0 Å². The topological polar surface area (TPSA) is 96.0 Å². The standard InChI is InChI=1S/C21H26FN3O5/c1-30-19(27)12-15-5-8-24(9-6-15)18(26)13-17-20(28)25(21(29)23-17)10-7-14-3-2-4-16(22)11-14/h2-4,11,15,17H,5-10,12-13H2,1H3,(H,23,29). The van der Waals surface area contributed by atoms with Gasteiger partial charge in [-0.3, -0.25) is 19.3 Å². The highest BCUT2D eigenvalue weighted by Crippen LogP contribution is 2.22. The molecule has 2 saturated heterocycles. The van der Waals surface area contributed by atoms with Crippen LogP contribution in [0, 0.1) is 11.7 Å². The molecule has 1 aromatic rings. The Hall–Kier alpha value is -2.97. The highest BCUT2D eigenvalue weighted by molar-refractivity contribution is 6.05. The number of imide groups is 1. The van der Waals surface area contributed by atoms with E-state index in [1.807, 2.05) is 0 Å². The van der Waals surface area contributed by atoms with Gasteiger partial charge in [0.25, 0.3) is 5.91 Å². The molecule has 2 aliphatic rings. The van der Waals surface area contributed by atoms with Crippen molar-refractivity contribution in [2.24, 2.45) is 5.92 Å². The summed E-state index contributed by atoms with van der Waals surface area (Å²) < 4.78 is 18.0. The number of esters is 1. The first kappa shape index (κ1) is 21.7. The maximum atomic E-state index is 13.3. The number of hydrogen-bond donors (Lipinski definition) is 1. The van der Waals surface area contributed by atoms with Crippen LogP contribution in [-0.4, -0.2) is 66.4 Å². The third kappa shape index (κ3) is 5.34. The van der Waals surface area contributed by atoms with E-state index in [9.17, 15) is 23.6 Å². The minimum Gasteiger partial charge on any atom is -0.469 e. The summed E-state index contributed by atoms with van der Waals surface area (Å²) in [6, 6.07) is 4.58. The number of carbonyl (C=O) groups excluding carboxylic acids is 4. The number of carbonyl (C=O) groups is 4. The van der Waals surface area contributed by atoms with Gasteiger partial charge in [-0.2, -0.15) is 0 Å². The summed E-state index contributed by atoms with van der Waals surface area (Å²) in [5.74, 6) is -1.07. The molecule has 2 heterocycles. The lowest BCUT2D eigenvalue weighted by atomic mass is 9.93. The number of halogens is 1. The van der Waals surface area contributed by atoms with Crippen molar-refractivity contribution in [1.29, 1.82) is 0 Å². The number of piperidine rings is 1. The van der Waals surface area contributed by atoms with Gasteiger partial charge in [-0.05, 0) is 42.9 Å². The van der Waals surface area contributed by atoms with Crippen LogP contribution in [0.3, 0.4) is 0 Å². The first-order chi connectivity index (χ1) is 14.4. The van der Waals surface area contributed by atoms with E-state index in [0.29, 0.717) is 44.3 Å². The Kier molecular flexibility index (Phi) is 7.02. The number of urea groups is 1. The van der Waals surface area contributed by atoms with E-state index in [-0.39, 0.29) is 36.6 Å². The van der Waals surface area contributed by atoms with Crippen LogP contribution in [-0.2, 0) is 25.5 Å². The molecule has 0 radical (unpaired) electrons. The molecule has 9 heteroatoms. The Balaban J connectivity index is 1.47. The third-order valence-electron chi connectivity index (χ3n) is 5.65. The van der Waals surface area contributed by atoms with Crippen molar-refractivity contribution in [2.45, 2.75) is 38.1 Å². The summed E-state index contributed by atoms with van der Waals surface area (Å²) in [6.45, 7) is 1.15. The van der Waals surface area contributed by atoms with Gasteiger partial charge in [0, 0.05) is 26.1 Å². The number of likely N-dealkylation sites (tertiary alicyclic amines) is 1. The molecule has 2 aliphatic heterocycles. The molecule has 162 valence electrons. The smallest absolute Gasteiger partial charge is 0.324 e. The van der Waals surface area contributed by atoms with Crippen LogP contribution in [0.5, 0.6) is 0 Å². The third-order valence-corrected chi connectivity index (χ3v) is 5.65. The molecule has 30 heavy (non-hydrogen) atoms. The van der Waals surface area contributed by atoms with Crippen molar-refractivity contribution in [3.05, 3.63) is 35.6 Å².